The molecule has 1 heterocycles. The van der Waals surface area contributed by atoms with E-state index in [1.807, 2.05) is 24.3 Å². The van der Waals surface area contributed by atoms with Crippen LogP contribution in [0.3, 0.4) is 0 Å². The third kappa shape index (κ3) is 6.74. The van der Waals surface area contributed by atoms with E-state index in [0.717, 1.165) is 48.9 Å². The van der Waals surface area contributed by atoms with Gasteiger partial charge >= 0.3 is 16.1 Å². The zero-order valence-corrected chi connectivity index (χ0v) is 18.2. The maximum absolute atomic E-state index is 13.0. The number of carbonyl (C=O) groups excluding carboxylic acids is 1. The molecule has 0 saturated carbocycles. The summed E-state index contributed by atoms with van der Waals surface area (Å²) in [5, 5.41) is 2.98. The Hall–Kier alpha value is -2.58. The Morgan fingerprint density at radius 1 is 1.20 bits per heavy atom. The van der Waals surface area contributed by atoms with Gasteiger partial charge in [0.2, 0.25) is 0 Å². The van der Waals surface area contributed by atoms with Crippen molar-refractivity contribution in [2.24, 2.45) is 0 Å². The van der Waals surface area contributed by atoms with Gasteiger partial charge in [0.05, 0.1) is 12.4 Å². The number of anilines is 1. The summed E-state index contributed by atoms with van der Waals surface area (Å²) in [6, 6.07) is 14.3. The molecule has 2 aromatic rings. The second-order valence-electron chi connectivity index (χ2n) is 7.43. The number of urea groups is 1. The van der Waals surface area contributed by atoms with Crippen LogP contribution in [0, 0.1) is 0 Å². The molecular weight excluding hydrogens is 404 g/mol. The van der Waals surface area contributed by atoms with Gasteiger partial charge in [-0.1, -0.05) is 31.2 Å². The van der Waals surface area contributed by atoms with Gasteiger partial charge in [0.1, 0.15) is 5.75 Å². The minimum Gasteiger partial charge on any atom is -0.383 e. The van der Waals surface area contributed by atoms with Crippen LogP contribution in [0.25, 0.3) is 0 Å². The highest BCUT2D eigenvalue weighted by atomic mass is 32.2. The molecule has 1 atom stereocenters. The second-order valence-corrected chi connectivity index (χ2v) is 9.01. The van der Waals surface area contributed by atoms with Crippen molar-refractivity contribution in [2.75, 3.05) is 24.7 Å². The molecule has 0 bridgehead atoms. The molecule has 3 rings (SSSR count). The number of benzene rings is 2. The first-order chi connectivity index (χ1) is 14.3. The van der Waals surface area contributed by atoms with E-state index in [-0.39, 0.29) is 17.9 Å². The van der Waals surface area contributed by atoms with E-state index in [0.29, 0.717) is 13.1 Å². The van der Waals surface area contributed by atoms with E-state index in [1.165, 1.54) is 0 Å². The van der Waals surface area contributed by atoms with Crippen molar-refractivity contribution in [1.29, 1.82) is 0 Å². The normalized spacial score (nSPS) is 16.3. The first-order valence-corrected chi connectivity index (χ1v) is 11.9. The molecule has 1 N–H and O–H groups in total. The zero-order chi connectivity index (χ0) is 21.6. The minimum atomic E-state index is -3.57. The van der Waals surface area contributed by atoms with E-state index in [4.69, 9.17) is 8.92 Å². The lowest BCUT2D eigenvalue weighted by Crippen LogP contribution is -2.39. The lowest BCUT2D eigenvalue weighted by Gasteiger charge is -2.26. The average Bonchev–Trinajstić information content (AvgIpc) is 3.21. The number of carbonyl (C=O) groups is 1. The van der Waals surface area contributed by atoms with Gasteiger partial charge in [-0.05, 0) is 54.7 Å². The summed E-state index contributed by atoms with van der Waals surface area (Å²) < 4.78 is 33.1. The zero-order valence-electron chi connectivity index (χ0n) is 17.3. The molecule has 1 fully saturated rings. The van der Waals surface area contributed by atoms with Crippen molar-refractivity contribution in [3.05, 3.63) is 59.7 Å². The Kier molecular flexibility index (Phi) is 7.33. The van der Waals surface area contributed by atoms with Gasteiger partial charge in [0.25, 0.3) is 0 Å². The number of nitrogens with one attached hydrogen (secondary N) is 1. The Balaban J connectivity index is 1.71. The number of rotatable bonds is 8. The van der Waals surface area contributed by atoms with Crippen LogP contribution in [-0.2, 0) is 27.8 Å². The number of hydrogen-bond donors (Lipinski definition) is 1. The van der Waals surface area contributed by atoms with Crippen molar-refractivity contribution in [2.45, 2.75) is 38.8 Å². The molecule has 8 heteroatoms. The summed E-state index contributed by atoms with van der Waals surface area (Å²) in [5.74, 6) is 0.243. The van der Waals surface area contributed by atoms with Crippen LogP contribution in [0.15, 0.2) is 48.5 Å². The first kappa shape index (κ1) is 22.1. The third-order valence-corrected chi connectivity index (χ3v) is 5.36. The number of hydrogen-bond acceptors (Lipinski definition) is 5. The molecule has 1 aliphatic heterocycles. The molecule has 7 nitrogen and oxygen atoms in total. The van der Waals surface area contributed by atoms with E-state index < -0.39 is 10.1 Å². The molecule has 1 aliphatic rings. The Morgan fingerprint density at radius 2 is 1.97 bits per heavy atom. The Bertz CT molecular complexity index is 954. The Morgan fingerprint density at radius 3 is 2.60 bits per heavy atom. The van der Waals surface area contributed by atoms with Gasteiger partial charge in [-0.3, -0.25) is 0 Å². The predicted molar refractivity (Wildman–Crippen MR) is 116 cm³/mol. The van der Waals surface area contributed by atoms with Crippen LogP contribution in [0.1, 0.15) is 30.9 Å². The largest absolute Gasteiger partial charge is 0.383 e. The van der Waals surface area contributed by atoms with Crippen molar-refractivity contribution in [3.63, 3.8) is 0 Å². The smallest absolute Gasteiger partial charge is 0.322 e. The lowest BCUT2D eigenvalue weighted by molar-refractivity contribution is 0.0819. The number of nitrogens with zero attached hydrogens (tertiary/aromatic N) is 1. The quantitative estimate of drug-likeness (QED) is 0.642. The molecule has 162 valence electrons. The first-order valence-electron chi connectivity index (χ1n) is 10.1. The standard InChI is InChI=1S/C22H28N2O5S/c1-3-17-6-4-7-19(14-17)23-22(25)24(16-21-8-5-13-28-21)15-18-9-11-20(12-10-18)29-30(2,26)27/h4,6-7,9-12,14,21H,3,5,8,13,15-16H2,1-2H3,(H,23,25). The molecule has 2 aromatic carbocycles. The number of amides is 2. The molecule has 1 saturated heterocycles. The van der Waals surface area contributed by atoms with E-state index in [1.54, 1.807) is 29.2 Å². The van der Waals surface area contributed by atoms with Crippen LogP contribution in [0.4, 0.5) is 10.5 Å². The molecule has 0 aliphatic carbocycles. The van der Waals surface area contributed by atoms with Crippen molar-refractivity contribution in [1.82, 2.24) is 4.90 Å². The fraction of sp³-hybridized carbons (Fsp3) is 0.409. The summed E-state index contributed by atoms with van der Waals surface area (Å²) in [5.41, 5.74) is 2.78. The van der Waals surface area contributed by atoms with Crippen LogP contribution >= 0.6 is 0 Å². The van der Waals surface area contributed by atoms with Crippen molar-refractivity contribution < 1.29 is 22.1 Å². The lowest BCUT2D eigenvalue weighted by atomic mass is 10.1. The van der Waals surface area contributed by atoms with Crippen LogP contribution in [-0.4, -0.2) is 44.9 Å². The highest BCUT2D eigenvalue weighted by Gasteiger charge is 2.23. The molecule has 2 amide bonds. The molecule has 1 unspecified atom stereocenters. The second kappa shape index (κ2) is 9.95. The summed E-state index contributed by atoms with van der Waals surface area (Å²) in [4.78, 5) is 14.7. The summed E-state index contributed by atoms with van der Waals surface area (Å²) in [6.07, 6.45) is 3.84. The number of aryl methyl sites for hydroxylation is 1. The van der Waals surface area contributed by atoms with E-state index in [2.05, 4.69) is 12.2 Å². The summed E-state index contributed by atoms with van der Waals surface area (Å²) >= 11 is 0. The van der Waals surface area contributed by atoms with Crippen LogP contribution < -0.4 is 9.50 Å². The van der Waals surface area contributed by atoms with Crippen molar-refractivity contribution in [3.8, 4) is 5.75 Å². The van der Waals surface area contributed by atoms with Gasteiger partial charge in [0, 0.05) is 25.4 Å². The van der Waals surface area contributed by atoms with Gasteiger partial charge in [0.15, 0.2) is 0 Å². The third-order valence-electron chi connectivity index (χ3n) is 4.87. The van der Waals surface area contributed by atoms with Gasteiger partial charge in [-0.2, -0.15) is 8.42 Å². The summed E-state index contributed by atoms with van der Waals surface area (Å²) in [7, 11) is -3.57. The molecule has 30 heavy (non-hydrogen) atoms. The van der Waals surface area contributed by atoms with Gasteiger partial charge in [-0.15, -0.1) is 0 Å². The summed E-state index contributed by atoms with van der Waals surface area (Å²) in [6.45, 7) is 3.65. The van der Waals surface area contributed by atoms with E-state index >= 15 is 0 Å². The average molecular weight is 433 g/mol. The molecule has 0 aromatic heterocycles. The molecule has 0 radical (unpaired) electrons. The highest BCUT2D eigenvalue weighted by Crippen LogP contribution is 2.19. The van der Waals surface area contributed by atoms with Gasteiger partial charge < -0.3 is 19.1 Å². The fourth-order valence-electron chi connectivity index (χ4n) is 3.37. The predicted octanol–water partition coefficient (Wildman–Crippen LogP) is 3.80. The maximum Gasteiger partial charge on any atom is 0.322 e. The van der Waals surface area contributed by atoms with E-state index in [9.17, 15) is 13.2 Å². The molecular formula is C22H28N2O5S. The fourth-order valence-corrected chi connectivity index (χ4v) is 3.83. The monoisotopic (exact) mass is 432 g/mol. The topological polar surface area (TPSA) is 84.9 Å². The van der Waals surface area contributed by atoms with Crippen LogP contribution in [0.2, 0.25) is 0 Å². The maximum atomic E-state index is 13.0. The molecule has 0 spiro atoms. The SMILES string of the molecule is CCc1cccc(NC(=O)N(Cc2ccc(OS(C)(=O)=O)cc2)CC2CCCO2)c1. The van der Waals surface area contributed by atoms with Crippen molar-refractivity contribution >= 4 is 21.8 Å². The van der Waals surface area contributed by atoms with Crippen LogP contribution in [0.5, 0.6) is 5.75 Å². The highest BCUT2D eigenvalue weighted by molar-refractivity contribution is 7.86. The van der Waals surface area contributed by atoms with Gasteiger partial charge in [-0.25, -0.2) is 4.79 Å². The number of ether oxygens (including phenoxy) is 1. The minimum absolute atomic E-state index is 0.0190. The Labute approximate surface area is 178 Å².